The molecular weight excluding hydrogens is 294 g/mol. The summed E-state index contributed by atoms with van der Waals surface area (Å²) in [5, 5.41) is 5.03. The van der Waals surface area contributed by atoms with Gasteiger partial charge in [0.25, 0.3) is 0 Å². The number of piperazine rings is 1. The van der Waals surface area contributed by atoms with Gasteiger partial charge in [-0.05, 0) is 28.5 Å². The van der Waals surface area contributed by atoms with Crippen LogP contribution >= 0.6 is 0 Å². The molecule has 1 aliphatic heterocycles. The second-order valence-electron chi connectivity index (χ2n) is 6.38. The molecule has 0 saturated carbocycles. The molecule has 1 heterocycles. The van der Waals surface area contributed by atoms with Crippen LogP contribution in [0.1, 0.15) is 5.56 Å². The van der Waals surface area contributed by atoms with Crippen molar-refractivity contribution in [2.75, 3.05) is 31.6 Å². The Kier molecular flexibility index (Phi) is 4.45. The number of nitrogens with one attached hydrogen (secondary N) is 1. The van der Waals surface area contributed by atoms with Crippen LogP contribution in [0.3, 0.4) is 0 Å². The van der Waals surface area contributed by atoms with Gasteiger partial charge < -0.3 is 5.43 Å². The van der Waals surface area contributed by atoms with E-state index < -0.39 is 0 Å². The van der Waals surface area contributed by atoms with E-state index in [4.69, 9.17) is 0 Å². The molecule has 0 aromatic heterocycles. The molecule has 0 radical (unpaired) electrons. The summed E-state index contributed by atoms with van der Waals surface area (Å²) < 4.78 is 0. The van der Waals surface area contributed by atoms with Crippen LogP contribution in [0.15, 0.2) is 72.8 Å². The number of hydrogen-bond donors (Lipinski definition) is 1. The van der Waals surface area contributed by atoms with Gasteiger partial charge in [-0.3, -0.25) is 4.90 Å². The number of para-hydroxylation sites is 1. The van der Waals surface area contributed by atoms with Gasteiger partial charge in [0, 0.05) is 38.4 Å². The summed E-state index contributed by atoms with van der Waals surface area (Å²) in [6.07, 6.45) is 0. The topological polar surface area (TPSA) is 18.5 Å². The van der Waals surface area contributed by atoms with Crippen LogP contribution in [0.2, 0.25) is 0 Å². The Hall–Kier alpha value is -2.36. The van der Waals surface area contributed by atoms with E-state index in [1.807, 2.05) is 6.07 Å². The fourth-order valence-corrected chi connectivity index (χ4v) is 3.38. The average molecular weight is 317 g/mol. The molecule has 4 rings (SSSR count). The van der Waals surface area contributed by atoms with E-state index in [1.165, 1.54) is 22.0 Å². The minimum atomic E-state index is 1.03. The third kappa shape index (κ3) is 3.42. The summed E-state index contributed by atoms with van der Waals surface area (Å²) in [5.41, 5.74) is 6.10. The molecule has 3 heteroatoms. The molecule has 3 aromatic rings. The van der Waals surface area contributed by atoms with E-state index in [9.17, 15) is 0 Å². The van der Waals surface area contributed by atoms with E-state index in [1.54, 1.807) is 0 Å². The summed E-state index contributed by atoms with van der Waals surface area (Å²) in [6, 6.07) is 25.7. The standard InChI is InChI=1S/C21H23N3/c1-2-10-20(11-3-1)22-24-15-13-23(14-16-24)17-19-9-6-8-18-7-4-5-12-21(18)19/h1-12,22H,13-17H2. The third-order valence-electron chi connectivity index (χ3n) is 4.71. The van der Waals surface area contributed by atoms with Gasteiger partial charge in [-0.25, -0.2) is 5.01 Å². The number of hydrazine groups is 1. The van der Waals surface area contributed by atoms with E-state index >= 15 is 0 Å². The number of nitrogens with zero attached hydrogens (tertiary/aromatic N) is 2. The lowest BCUT2D eigenvalue weighted by molar-refractivity contribution is 0.147. The van der Waals surface area contributed by atoms with E-state index in [0.717, 1.165) is 32.7 Å². The largest absolute Gasteiger partial charge is 0.319 e. The van der Waals surface area contributed by atoms with Crippen LogP contribution in [0.4, 0.5) is 5.69 Å². The Labute approximate surface area is 143 Å². The second kappa shape index (κ2) is 7.04. The lowest BCUT2D eigenvalue weighted by Gasteiger charge is -2.35. The van der Waals surface area contributed by atoms with Crippen molar-refractivity contribution in [2.24, 2.45) is 0 Å². The maximum absolute atomic E-state index is 3.50. The minimum absolute atomic E-state index is 1.03. The third-order valence-corrected chi connectivity index (χ3v) is 4.71. The molecule has 0 bridgehead atoms. The fraction of sp³-hybridized carbons (Fsp3) is 0.238. The Morgan fingerprint density at radius 3 is 2.25 bits per heavy atom. The average Bonchev–Trinajstić information content (AvgIpc) is 2.65. The van der Waals surface area contributed by atoms with Crippen molar-refractivity contribution < 1.29 is 0 Å². The van der Waals surface area contributed by atoms with Gasteiger partial charge >= 0.3 is 0 Å². The molecule has 0 spiro atoms. The lowest BCUT2D eigenvalue weighted by Crippen LogP contribution is -2.48. The molecule has 1 aliphatic rings. The SMILES string of the molecule is c1ccc(NN2CCN(Cc3cccc4ccccc34)CC2)cc1. The Bertz CT molecular complexity index is 787. The van der Waals surface area contributed by atoms with E-state index in [-0.39, 0.29) is 0 Å². The second-order valence-corrected chi connectivity index (χ2v) is 6.38. The quantitative estimate of drug-likeness (QED) is 0.785. The van der Waals surface area contributed by atoms with Gasteiger partial charge in [0.2, 0.25) is 0 Å². The smallest absolute Gasteiger partial charge is 0.0490 e. The Balaban J connectivity index is 1.38. The molecule has 0 atom stereocenters. The summed E-state index contributed by atoms with van der Waals surface area (Å²) in [4.78, 5) is 2.55. The van der Waals surface area contributed by atoms with Gasteiger partial charge in [-0.15, -0.1) is 0 Å². The highest BCUT2D eigenvalue weighted by molar-refractivity contribution is 5.85. The van der Waals surface area contributed by atoms with Gasteiger partial charge in [-0.2, -0.15) is 0 Å². The van der Waals surface area contributed by atoms with Crippen molar-refractivity contribution in [1.29, 1.82) is 0 Å². The zero-order valence-electron chi connectivity index (χ0n) is 13.9. The number of rotatable bonds is 4. The normalized spacial score (nSPS) is 16.3. The summed E-state index contributed by atoms with van der Waals surface area (Å²) in [6.45, 7) is 5.28. The van der Waals surface area contributed by atoms with Gasteiger partial charge in [-0.1, -0.05) is 60.7 Å². The van der Waals surface area contributed by atoms with Crippen molar-refractivity contribution in [3.05, 3.63) is 78.4 Å². The molecular formula is C21H23N3. The molecule has 0 amide bonds. The van der Waals surface area contributed by atoms with Crippen LogP contribution in [0.5, 0.6) is 0 Å². The van der Waals surface area contributed by atoms with Crippen LogP contribution in [-0.2, 0) is 6.54 Å². The fourth-order valence-electron chi connectivity index (χ4n) is 3.38. The number of fused-ring (bicyclic) bond motifs is 1. The number of anilines is 1. The highest BCUT2D eigenvalue weighted by Gasteiger charge is 2.17. The van der Waals surface area contributed by atoms with Crippen LogP contribution < -0.4 is 5.43 Å². The van der Waals surface area contributed by atoms with Crippen molar-refractivity contribution in [3.8, 4) is 0 Å². The number of benzene rings is 3. The lowest BCUT2D eigenvalue weighted by atomic mass is 10.0. The molecule has 24 heavy (non-hydrogen) atoms. The predicted octanol–water partition coefficient (Wildman–Crippen LogP) is 3.98. The summed E-state index contributed by atoms with van der Waals surface area (Å²) in [5.74, 6) is 0. The van der Waals surface area contributed by atoms with Crippen molar-refractivity contribution >= 4 is 16.5 Å². The predicted molar refractivity (Wildman–Crippen MR) is 101 cm³/mol. The van der Waals surface area contributed by atoms with Crippen molar-refractivity contribution in [2.45, 2.75) is 6.54 Å². The van der Waals surface area contributed by atoms with Crippen LogP contribution in [-0.4, -0.2) is 36.1 Å². The zero-order valence-corrected chi connectivity index (χ0v) is 13.9. The molecule has 1 N–H and O–H groups in total. The van der Waals surface area contributed by atoms with E-state index in [2.05, 4.69) is 82.1 Å². The Morgan fingerprint density at radius 2 is 1.42 bits per heavy atom. The van der Waals surface area contributed by atoms with Crippen LogP contribution in [0, 0.1) is 0 Å². The first-order valence-electron chi connectivity index (χ1n) is 8.64. The molecule has 0 aliphatic carbocycles. The summed E-state index contributed by atoms with van der Waals surface area (Å²) in [7, 11) is 0. The maximum Gasteiger partial charge on any atom is 0.0490 e. The van der Waals surface area contributed by atoms with Gasteiger partial charge in [0.1, 0.15) is 0 Å². The first-order chi connectivity index (χ1) is 11.9. The Morgan fingerprint density at radius 1 is 0.708 bits per heavy atom. The first kappa shape index (κ1) is 15.2. The maximum atomic E-state index is 3.50. The van der Waals surface area contributed by atoms with Gasteiger partial charge in [0.15, 0.2) is 0 Å². The first-order valence-corrected chi connectivity index (χ1v) is 8.64. The zero-order chi connectivity index (χ0) is 16.2. The minimum Gasteiger partial charge on any atom is -0.319 e. The number of hydrogen-bond acceptors (Lipinski definition) is 3. The molecule has 3 nitrogen and oxygen atoms in total. The van der Waals surface area contributed by atoms with Crippen molar-refractivity contribution in [3.63, 3.8) is 0 Å². The van der Waals surface area contributed by atoms with Crippen LogP contribution in [0.25, 0.3) is 10.8 Å². The highest BCUT2D eigenvalue weighted by Crippen LogP contribution is 2.20. The van der Waals surface area contributed by atoms with Gasteiger partial charge in [0.05, 0.1) is 0 Å². The monoisotopic (exact) mass is 317 g/mol. The van der Waals surface area contributed by atoms with Crippen molar-refractivity contribution in [1.82, 2.24) is 9.91 Å². The molecule has 1 saturated heterocycles. The molecule has 0 unspecified atom stereocenters. The molecule has 3 aromatic carbocycles. The highest BCUT2D eigenvalue weighted by atomic mass is 15.5. The molecule has 1 fully saturated rings. The summed E-state index contributed by atoms with van der Waals surface area (Å²) >= 11 is 0. The van der Waals surface area contributed by atoms with E-state index in [0.29, 0.717) is 0 Å². The molecule has 122 valence electrons.